The number of nitro benzene ring substituents is 1. The molecular formula is C18H20N4O5. The lowest BCUT2D eigenvalue weighted by molar-refractivity contribution is -0.384. The standard InChI is InChI=1S/C18H20N4O5/c1-11-7-13(18(24)25)9-21(8-11)17(23)15-10-20(2)19-16(15)12-3-5-14(6-4-12)22(26)27/h3-6,10-11,13H,7-9H2,1-2H3,(H,24,25). The molecule has 0 aliphatic carbocycles. The number of likely N-dealkylation sites (tertiary alicyclic amines) is 1. The number of benzene rings is 1. The number of aromatic nitrogens is 2. The zero-order chi connectivity index (χ0) is 19.7. The monoisotopic (exact) mass is 372 g/mol. The maximum absolute atomic E-state index is 13.1. The average Bonchev–Trinajstić information content (AvgIpc) is 3.02. The van der Waals surface area contributed by atoms with Crippen molar-refractivity contribution in [3.8, 4) is 11.3 Å². The van der Waals surface area contributed by atoms with Crippen LogP contribution in [0.4, 0.5) is 5.69 Å². The van der Waals surface area contributed by atoms with E-state index in [2.05, 4.69) is 5.10 Å². The molecular weight excluding hydrogens is 352 g/mol. The molecule has 0 radical (unpaired) electrons. The average molecular weight is 372 g/mol. The molecule has 1 amide bonds. The summed E-state index contributed by atoms with van der Waals surface area (Å²) in [5.74, 6) is -1.68. The Morgan fingerprint density at radius 3 is 2.52 bits per heavy atom. The Kier molecular flexibility index (Phi) is 4.93. The quantitative estimate of drug-likeness (QED) is 0.649. The van der Waals surface area contributed by atoms with Gasteiger partial charge in [0.05, 0.1) is 16.4 Å². The van der Waals surface area contributed by atoms with Gasteiger partial charge in [0.2, 0.25) is 0 Å². The van der Waals surface area contributed by atoms with Gasteiger partial charge >= 0.3 is 5.97 Å². The van der Waals surface area contributed by atoms with Crippen molar-refractivity contribution in [1.29, 1.82) is 0 Å². The molecule has 1 aliphatic heterocycles. The summed E-state index contributed by atoms with van der Waals surface area (Å²) in [5, 5.41) is 24.5. The van der Waals surface area contributed by atoms with Gasteiger partial charge in [0.25, 0.3) is 11.6 Å². The van der Waals surface area contributed by atoms with Gasteiger partial charge in [-0.05, 0) is 24.5 Å². The summed E-state index contributed by atoms with van der Waals surface area (Å²) in [6, 6.07) is 5.83. The Balaban J connectivity index is 1.92. The summed E-state index contributed by atoms with van der Waals surface area (Å²) in [5.41, 5.74) is 1.31. The van der Waals surface area contributed by atoms with Gasteiger partial charge in [-0.15, -0.1) is 0 Å². The SMILES string of the molecule is CC1CC(C(=O)O)CN(C(=O)c2cn(C)nc2-c2ccc([N+](=O)[O-])cc2)C1. The van der Waals surface area contributed by atoms with Crippen LogP contribution in [0.3, 0.4) is 0 Å². The highest BCUT2D eigenvalue weighted by molar-refractivity contribution is 6.00. The van der Waals surface area contributed by atoms with Gasteiger partial charge in [-0.25, -0.2) is 0 Å². The number of rotatable bonds is 4. The predicted molar refractivity (Wildman–Crippen MR) is 96.1 cm³/mol. The Hall–Kier alpha value is -3.23. The smallest absolute Gasteiger partial charge is 0.308 e. The first kappa shape index (κ1) is 18.6. The van der Waals surface area contributed by atoms with E-state index in [0.29, 0.717) is 29.8 Å². The molecule has 1 aliphatic rings. The van der Waals surface area contributed by atoms with E-state index >= 15 is 0 Å². The van der Waals surface area contributed by atoms with Gasteiger partial charge in [-0.3, -0.25) is 24.4 Å². The molecule has 2 unspecified atom stereocenters. The van der Waals surface area contributed by atoms with Crippen LogP contribution in [0.2, 0.25) is 0 Å². The summed E-state index contributed by atoms with van der Waals surface area (Å²) in [6.07, 6.45) is 2.13. The highest BCUT2D eigenvalue weighted by Gasteiger charge is 2.33. The zero-order valence-corrected chi connectivity index (χ0v) is 15.0. The van der Waals surface area contributed by atoms with Crippen LogP contribution in [-0.4, -0.2) is 49.7 Å². The van der Waals surface area contributed by atoms with Gasteiger partial charge < -0.3 is 10.0 Å². The topological polar surface area (TPSA) is 119 Å². The summed E-state index contributed by atoms with van der Waals surface area (Å²) >= 11 is 0. The fraction of sp³-hybridized carbons (Fsp3) is 0.389. The Morgan fingerprint density at radius 2 is 1.93 bits per heavy atom. The number of aryl methyl sites for hydroxylation is 1. The molecule has 1 saturated heterocycles. The van der Waals surface area contributed by atoms with Crippen molar-refractivity contribution in [2.75, 3.05) is 13.1 Å². The van der Waals surface area contributed by atoms with Crippen LogP contribution in [0.1, 0.15) is 23.7 Å². The lowest BCUT2D eigenvalue weighted by Gasteiger charge is -2.34. The number of amides is 1. The van der Waals surface area contributed by atoms with E-state index in [9.17, 15) is 24.8 Å². The van der Waals surface area contributed by atoms with Gasteiger partial charge in [0.15, 0.2) is 0 Å². The molecule has 1 fully saturated rings. The fourth-order valence-corrected chi connectivity index (χ4v) is 3.47. The first-order valence-electron chi connectivity index (χ1n) is 8.56. The third kappa shape index (κ3) is 3.81. The van der Waals surface area contributed by atoms with Crippen molar-refractivity contribution >= 4 is 17.6 Å². The highest BCUT2D eigenvalue weighted by Crippen LogP contribution is 2.28. The van der Waals surface area contributed by atoms with E-state index in [1.807, 2.05) is 6.92 Å². The number of carboxylic acid groups (broad SMARTS) is 1. The van der Waals surface area contributed by atoms with Crippen molar-refractivity contribution in [2.24, 2.45) is 18.9 Å². The van der Waals surface area contributed by atoms with Gasteiger partial charge in [0.1, 0.15) is 5.69 Å². The number of nitro groups is 1. The molecule has 2 atom stereocenters. The second-order valence-corrected chi connectivity index (χ2v) is 6.96. The molecule has 142 valence electrons. The van der Waals surface area contributed by atoms with Crippen molar-refractivity contribution in [3.63, 3.8) is 0 Å². The maximum Gasteiger partial charge on any atom is 0.308 e. The van der Waals surface area contributed by atoms with Gasteiger partial charge in [-0.1, -0.05) is 6.92 Å². The molecule has 3 rings (SSSR count). The second-order valence-electron chi connectivity index (χ2n) is 6.96. The molecule has 0 saturated carbocycles. The Morgan fingerprint density at radius 1 is 1.26 bits per heavy atom. The zero-order valence-electron chi connectivity index (χ0n) is 15.0. The number of carbonyl (C=O) groups is 2. The van der Waals surface area contributed by atoms with Crippen LogP contribution in [0.25, 0.3) is 11.3 Å². The number of non-ortho nitro benzene ring substituents is 1. The highest BCUT2D eigenvalue weighted by atomic mass is 16.6. The van der Waals surface area contributed by atoms with Crippen molar-refractivity contribution in [1.82, 2.24) is 14.7 Å². The van der Waals surface area contributed by atoms with Crippen LogP contribution in [0, 0.1) is 22.0 Å². The van der Waals surface area contributed by atoms with Crippen LogP contribution < -0.4 is 0 Å². The lowest BCUT2D eigenvalue weighted by atomic mass is 9.90. The summed E-state index contributed by atoms with van der Waals surface area (Å²) in [6.45, 7) is 2.57. The molecule has 0 spiro atoms. The minimum Gasteiger partial charge on any atom is -0.481 e. The third-order valence-electron chi connectivity index (χ3n) is 4.71. The predicted octanol–water partition coefficient (Wildman–Crippen LogP) is 2.18. The number of hydrogen-bond acceptors (Lipinski definition) is 5. The number of hydrogen-bond donors (Lipinski definition) is 1. The van der Waals surface area contributed by atoms with E-state index in [1.54, 1.807) is 30.3 Å². The van der Waals surface area contributed by atoms with Crippen LogP contribution in [0.15, 0.2) is 30.5 Å². The molecule has 27 heavy (non-hydrogen) atoms. The van der Waals surface area contributed by atoms with Gasteiger partial charge in [-0.2, -0.15) is 5.10 Å². The van der Waals surface area contributed by atoms with Crippen LogP contribution >= 0.6 is 0 Å². The number of carbonyl (C=O) groups excluding carboxylic acids is 1. The van der Waals surface area contributed by atoms with Gasteiger partial charge in [0, 0.05) is 44.0 Å². The van der Waals surface area contributed by atoms with E-state index in [-0.39, 0.29) is 24.1 Å². The lowest BCUT2D eigenvalue weighted by Crippen LogP contribution is -2.45. The van der Waals surface area contributed by atoms with Crippen molar-refractivity contribution in [2.45, 2.75) is 13.3 Å². The minimum absolute atomic E-state index is 0.0447. The van der Waals surface area contributed by atoms with Crippen LogP contribution in [0.5, 0.6) is 0 Å². The summed E-state index contributed by atoms with van der Waals surface area (Å²) < 4.78 is 1.51. The maximum atomic E-state index is 13.1. The first-order valence-corrected chi connectivity index (χ1v) is 8.56. The Labute approximate surface area is 155 Å². The third-order valence-corrected chi connectivity index (χ3v) is 4.71. The van der Waals surface area contributed by atoms with Crippen molar-refractivity contribution < 1.29 is 19.6 Å². The van der Waals surface area contributed by atoms with Crippen molar-refractivity contribution in [3.05, 3.63) is 46.1 Å². The fourth-order valence-electron chi connectivity index (χ4n) is 3.47. The normalized spacial score (nSPS) is 19.7. The molecule has 9 nitrogen and oxygen atoms in total. The molecule has 0 bridgehead atoms. The minimum atomic E-state index is -0.902. The molecule has 9 heteroatoms. The van der Waals surface area contributed by atoms with E-state index in [4.69, 9.17) is 0 Å². The first-order chi connectivity index (χ1) is 12.8. The molecule has 2 heterocycles. The molecule has 2 aromatic rings. The largest absolute Gasteiger partial charge is 0.481 e. The summed E-state index contributed by atoms with van der Waals surface area (Å²) in [7, 11) is 1.69. The number of carboxylic acids is 1. The van der Waals surface area contributed by atoms with E-state index in [1.165, 1.54) is 16.8 Å². The van der Waals surface area contributed by atoms with Crippen LogP contribution in [-0.2, 0) is 11.8 Å². The molecule has 1 aromatic carbocycles. The Bertz CT molecular complexity index is 890. The number of aliphatic carboxylic acids is 1. The second kappa shape index (κ2) is 7.18. The van der Waals surface area contributed by atoms with E-state index in [0.717, 1.165) is 0 Å². The number of piperidine rings is 1. The summed E-state index contributed by atoms with van der Waals surface area (Å²) in [4.78, 5) is 36.3. The molecule has 1 aromatic heterocycles. The van der Waals surface area contributed by atoms with E-state index < -0.39 is 16.8 Å². The number of nitrogens with zero attached hydrogens (tertiary/aromatic N) is 4. The molecule has 1 N–H and O–H groups in total.